The monoisotopic (exact) mass is 310 g/mol. The van der Waals surface area contributed by atoms with Crippen molar-refractivity contribution in [1.82, 2.24) is 20.1 Å². The van der Waals surface area contributed by atoms with Crippen LogP contribution < -0.4 is 11.0 Å². The Morgan fingerprint density at radius 3 is 2.90 bits per heavy atom. The second-order valence-electron chi connectivity index (χ2n) is 4.59. The predicted octanol–water partition coefficient (Wildman–Crippen LogP) is 2.55. The van der Waals surface area contributed by atoms with Gasteiger partial charge in [-0.2, -0.15) is 0 Å². The van der Waals surface area contributed by atoms with E-state index in [2.05, 4.69) is 15.5 Å². The van der Waals surface area contributed by atoms with Crippen LogP contribution in [0.4, 0.5) is 4.39 Å². The van der Waals surface area contributed by atoms with Crippen molar-refractivity contribution in [2.45, 2.75) is 43.4 Å². The van der Waals surface area contributed by atoms with Crippen molar-refractivity contribution in [3.63, 3.8) is 0 Å². The number of hydrogen-bond donors (Lipinski definition) is 2. The molecule has 0 aliphatic carbocycles. The van der Waals surface area contributed by atoms with E-state index < -0.39 is 0 Å². The lowest BCUT2D eigenvalue weighted by Crippen LogP contribution is -2.20. The van der Waals surface area contributed by atoms with Crippen molar-refractivity contribution < 1.29 is 4.39 Å². The first kappa shape index (κ1) is 15.8. The highest BCUT2D eigenvalue weighted by atomic mass is 32.2. The maximum atomic E-state index is 14.2. The third-order valence-electron chi connectivity index (χ3n) is 3.20. The highest BCUT2D eigenvalue weighted by molar-refractivity contribution is 7.99. The van der Waals surface area contributed by atoms with E-state index in [4.69, 9.17) is 0 Å². The van der Waals surface area contributed by atoms with Crippen molar-refractivity contribution >= 4 is 11.8 Å². The van der Waals surface area contributed by atoms with Crippen LogP contribution in [0.25, 0.3) is 0 Å². The lowest BCUT2D eigenvalue weighted by atomic mass is 10.1. The van der Waals surface area contributed by atoms with Gasteiger partial charge in [-0.25, -0.2) is 14.3 Å². The molecular weight excluding hydrogens is 291 g/mol. The van der Waals surface area contributed by atoms with Crippen molar-refractivity contribution in [2.24, 2.45) is 0 Å². The minimum absolute atomic E-state index is 0.112. The Hall–Kier alpha value is -1.60. The molecule has 0 amide bonds. The summed E-state index contributed by atoms with van der Waals surface area (Å²) in [6.07, 6.45) is 0. The molecule has 0 aliphatic rings. The van der Waals surface area contributed by atoms with Crippen molar-refractivity contribution in [1.29, 1.82) is 0 Å². The van der Waals surface area contributed by atoms with E-state index in [-0.39, 0.29) is 17.5 Å². The number of H-pyrrole nitrogens is 1. The molecule has 0 spiro atoms. The molecule has 0 bridgehead atoms. The minimum atomic E-state index is -0.255. The van der Waals surface area contributed by atoms with E-state index >= 15 is 0 Å². The fourth-order valence-electron chi connectivity index (χ4n) is 2.19. The molecule has 7 heteroatoms. The molecule has 0 saturated heterocycles. The Bertz CT molecular complexity index is 667. The van der Waals surface area contributed by atoms with Crippen LogP contribution in [-0.2, 0) is 6.54 Å². The van der Waals surface area contributed by atoms with Gasteiger partial charge >= 0.3 is 5.69 Å². The SMILES string of the molecule is CCNC(C)c1c(F)cccc1Sc1n[nH]c(=O)n1CC. The number of nitrogens with zero attached hydrogens (tertiary/aromatic N) is 2. The van der Waals surface area contributed by atoms with Crippen LogP contribution in [-0.4, -0.2) is 21.3 Å². The molecule has 0 radical (unpaired) electrons. The normalized spacial score (nSPS) is 12.6. The summed E-state index contributed by atoms with van der Waals surface area (Å²) in [5, 5.41) is 10.2. The van der Waals surface area contributed by atoms with E-state index in [1.54, 1.807) is 6.07 Å². The molecule has 2 rings (SSSR count). The van der Waals surface area contributed by atoms with Crippen LogP contribution in [0.2, 0.25) is 0 Å². The van der Waals surface area contributed by atoms with Gasteiger partial charge in [0.1, 0.15) is 5.82 Å². The smallest absolute Gasteiger partial charge is 0.310 e. The van der Waals surface area contributed by atoms with E-state index in [9.17, 15) is 9.18 Å². The second kappa shape index (κ2) is 6.91. The van der Waals surface area contributed by atoms with Crippen molar-refractivity contribution in [2.75, 3.05) is 6.54 Å². The summed E-state index contributed by atoms with van der Waals surface area (Å²) in [6.45, 7) is 7.04. The summed E-state index contributed by atoms with van der Waals surface area (Å²) in [7, 11) is 0. The molecule has 1 unspecified atom stereocenters. The van der Waals surface area contributed by atoms with Gasteiger partial charge in [0.25, 0.3) is 0 Å². The number of benzene rings is 1. The highest BCUT2D eigenvalue weighted by Gasteiger charge is 2.18. The van der Waals surface area contributed by atoms with Gasteiger partial charge in [0.2, 0.25) is 0 Å². The van der Waals surface area contributed by atoms with Crippen LogP contribution in [0, 0.1) is 5.82 Å². The van der Waals surface area contributed by atoms with Gasteiger partial charge in [0, 0.05) is 23.0 Å². The van der Waals surface area contributed by atoms with Gasteiger partial charge in [0.15, 0.2) is 5.16 Å². The molecular formula is C14H19FN4OS. The zero-order valence-electron chi connectivity index (χ0n) is 12.3. The maximum Gasteiger partial charge on any atom is 0.343 e. The number of hydrogen-bond acceptors (Lipinski definition) is 4. The molecule has 2 aromatic rings. The average Bonchev–Trinajstić information content (AvgIpc) is 2.79. The fourth-order valence-corrected chi connectivity index (χ4v) is 3.33. The maximum absolute atomic E-state index is 14.2. The van der Waals surface area contributed by atoms with Crippen molar-refractivity contribution in [3.8, 4) is 0 Å². The molecule has 1 aromatic heterocycles. The first-order valence-electron chi connectivity index (χ1n) is 6.93. The number of nitrogens with one attached hydrogen (secondary N) is 2. The first-order valence-corrected chi connectivity index (χ1v) is 7.74. The van der Waals surface area contributed by atoms with Gasteiger partial charge in [-0.3, -0.25) is 4.57 Å². The lowest BCUT2D eigenvalue weighted by molar-refractivity contribution is 0.531. The molecule has 21 heavy (non-hydrogen) atoms. The molecule has 114 valence electrons. The third-order valence-corrected chi connectivity index (χ3v) is 4.27. The zero-order valence-corrected chi connectivity index (χ0v) is 13.1. The molecule has 2 N–H and O–H groups in total. The Kier molecular flexibility index (Phi) is 5.19. The Labute approximate surface area is 127 Å². The Morgan fingerprint density at radius 2 is 2.24 bits per heavy atom. The molecule has 0 saturated carbocycles. The molecule has 0 fully saturated rings. The molecule has 1 aromatic carbocycles. The van der Waals surface area contributed by atoms with Crippen LogP contribution in [0.1, 0.15) is 32.4 Å². The minimum Gasteiger partial charge on any atom is -0.310 e. The molecule has 1 heterocycles. The predicted molar refractivity (Wildman–Crippen MR) is 81.1 cm³/mol. The van der Waals surface area contributed by atoms with E-state index in [0.717, 1.165) is 11.4 Å². The van der Waals surface area contributed by atoms with Gasteiger partial charge in [0.05, 0.1) is 0 Å². The third kappa shape index (κ3) is 3.36. The number of aromatic nitrogens is 3. The van der Waals surface area contributed by atoms with E-state index in [1.165, 1.54) is 22.4 Å². The molecule has 1 atom stereocenters. The quantitative estimate of drug-likeness (QED) is 0.861. The summed E-state index contributed by atoms with van der Waals surface area (Å²) in [6, 6.07) is 4.85. The first-order chi connectivity index (χ1) is 10.1. The fraction of sp³-hybridized carbons (Fsp3) is 0.429. The van der Waals surface area contributed by atoms with Gasteiger partial charge in [-0.1, -0.05) is 13.0 Å². The number of aromatic amines is 1. The largest absolute Gasteiger partial charge is 0.343 e. The topological polar surface area (TPSA) is 62.7 Å². The van der Waals surface area contributed by atoms with Crippen LogP contribution in [0.3, 0.4) is 0 Å². The summed E-state index contributed by atoms with van der Waals surface area (Å²) in [5.41, 5.74) is 0.347. The van der Waals surface area contributed by atoms with Crippen LogP contribution >= 0.6 is 11.8 Å². The number of rotatable bonds is 6. The van der Waals surface area contributed by atoms with Crippen LogP contribution in [0.15, 0.2) is 33.0 Å². The number of halogens is 1. The summed E-state index contributed by atoms with van der Waals surface area (Å²) in [5.74, 6) is -0.255. The zero-order chi connectivity index (χ0) is 15.4. The van der Waals surface area contributed by atoms with Crippen molar-refractivity contribution in [3.05, 3.63) is 40.1 Å². The van der Waals surface area contributed by atoms with E-state index in [1.807, 2.05) is 26.8 Å². The molecule has 0 aliphatic heterocycles. The average molecular weight is 310 g/mol. The van der Waals surface area contributed by atoms with Gasteiger partial charge in [-0.05, 0) is 44.3 Å². The summed E-state index contributed by atoms with van der Waals surface area (Å²) < 4.78 is 15.7. The Morgan fingerprint density at radius 1 is 1.48 bits per heavy atom. The Balaban J connectivity index is 2.40. The van der Waals surface area contributed by atoms with Crippen LogP contribution in [0.5, 0.6) is 0 Å². The van der Waals surface area contributed by atoms with Gasteiger partial charge < -0.3 is 5.32 Å². The highest BCUT2D eigenvalue weighted by Crippen LogP contribution is 2.33. The summed E-state index contributed by atoms with van der Waals surface area (Å²) >= 11 is 1.30. The summed E-state index contributed by atoms with van der Waals surface area (Å²) in [4.78, 5) is 12.4. The standard InChI is InChI=1S/C14H19FN4OS/c1-4-16-9(3)12-10(15)7-6-8-11(12)21-14-18-17-13(20)19(14)5-2/h6-9,16H,4-5H2,1-3H3,(H,17,20). The van der Waals surface area contributed by atoms with E-state index in [0.29, 0.717) is 17.3 Å². The van der Waals surface area contributed by atoms with Gasteiger partial charge in [-0.15, -0.1) is 5.10 Å². The second-order valence-corrected chi connectivity index (χ2v) is 5.60. The molecule has 5 nitrogen and oxygen atoms in total. The lowest BCUT2D eigenvalue weighted by Gasteiger charge is -2.17.